The van der Waals surface area contributed by atoms with Crippen LogP contribution in [-0.2, 0) is 19.0 Å². The number of nitrogens with zero attached hydrogens (tertiary/aromatic N) is 1. The van der Waals surface area contributed by atoms with Crippen LogP contribution in [0.5, 0.6) is 0 Å². The van der Waals surface area contributed by atoms with E-state index in [1.165, 1.54) is 149 Å². The van der Waals surface area contributed by atoms with Crippen LogP contribution in [0.15, 0.2) is 0 Å². The van der Waals surface area contributed by atoms with E-state index in [9.17, 15) is 4.79 Å². The summed E-state index contributed by atoms with van der Waals surface area (Å²) in [7, 11) is 4.06. The smallest absolute Gasteiger partial charge is 0.305 e. The first-order valence-corrected chi connectivity index (χ1v) is 24.6. The van der Waals surface area contributed by atoms with Gasteiger partial charge < -0.3 is 19.1 Å². The fourth-order valence-electron chi connectivity index (χ4n) is 5.93. The van der Waals surface area contributed by atoms with E-state index in [4.69, 9.17) is 14.2 Å². The second kappa shape index (κ2) is 34.8. The highest BCUT2D eigenvalue weighted by molar-refractivity contribution is 8.16. The molecule has 0 saturated carbocycles. The first kappa shape index (κ1) is 46.8. The summed E-state index contributed by atoms with van der Waals surface area (Å²) in [5.41, 5.74) is 0. The van der Waals surface area contributed by atoms with Crippen LogP contribution >= 0.6 is 47.0 Å². The van der Waals surface area contributed by atoms with Crippen LogP contribution in [0.3, 0.4) is 0 Å². The van der Waals surface area contributed by atoms with Gasteiger partial charge in [0.15, 0.2) is 5.79 Å². The van der Waals surface area contributed by atoms with Gasteiger partial charge in [0.2, 0.25) is 0 Å². The van der Waals surface area contributed by atoms with Gasteiger partial charge in [-0.3, -0.25) is 4.79 Å². The Labute approximate surface area is 315 Å². The minimum absolute atomic E-state index is 0.0317. The number of carbonyl (C=O) groups excluding carboxylic acids is 1. The summed E-state index contributed by atoms with van der Waals surface area (Å²) in [6, 6.07) is 0. The summed E-state index contributed by atoms with van der Waals surface area (Å²) in [6.45, 7) is 6.52. The number of hydrogen-bond acceptors (Lipinski definition) is 9. The lowest BCUT2D eigenvalue weighted by Crippen LogP contribution is -2.31. The van der Waals surface area contributed by atoms with Gasteiger partial charge in [0.25, 0.3) is 0 Å². The van der Waals surface area contributed by atoms with Gasteiger partial charge in [-0.05, 0) is 88.6 Å². The van der Waals surface area contributed by atoms with Crippen LogP contribution in [0.4, 0.5) is 0 Å². The number of unbranched alkanes of at least 4 members (excludes halogenated alkanes) is 14. The van der Waals surface area contributed by atoms with Gasteiger partial charge in [0, 0.05) is 35.9 Å². The Kier molecular flexibility index (Phi) is 33.9. The predicted molar refractivity (Wildman–Crippen MR) is 220 cm³/mol. The summed E-state index contributed by atoms with van der Waals surface area (Å²) in [6.07, 6.45) is 27.9. The SMILES string of the molecule is CCCCCSCSCCCCCCCCC1(CCCCCCCCSCSCCCCC)OCC(CCOC(=O)CCCN(C)C)O1. The molecule has 0 aromatic rings. The maximum absolute atomic E-state index is 12.1. The summed E-state index contributed by atoms with van der Waals surface area (Å²) >= 11 is 8.49. The number of hydrogen-bond donors (Lipinski definition) is 0. The summed E-state index contributed by atoms with van der Waals surface area (Å²) < 4.78 is 18.6. The molecule has 1 rings (SSSR count). The first-order valence-electron chi connectivity index (χ1n) is 19.9. The van der Waals surface area contributed by atoms with Gasteiger partial charge in [0.05, 0.1) is 19.3 Å². The van der Waals surface area contributed by atoms with Crippen molar-refractivity contribution >= 4 is 53.0 Å². The van der Waals surface area contributed by atoms with Crippen molar-refractivity contribution in [2.45, 2.75) is 173 Å². The van der Waals surface area contributed by atoms with Crippen molar-refractivity contribution in [1.82, 2.24) is 4.90 Å². The lowest BCUT2D eigenvalue weighted by atomic mass is 9.99. The van der Waals surface area contributed by atoms with E-state index in [0.29, 0.717) is 19.6 Å². The van der Waals surface area contributed by atoms with Crippen LogP contribution in [0.2, 0.25) is 0 Å². The van der Waals surface area contributed by atoms with Crippen LogP contribution in [0.1, 0.15) is 162 Å². The number of thioether (sulfide) groups is 4. The molecular weight excluding hydrogens is 675 g/mol. The number of esters is 1. The fourth-order valence-corrected chi connectivity index (χ4v) is 10.4. The van der Waals surface area contributed by atoms with Crippen molar-refractivity contribution in [3.63, 3.8) is 0 Å². The Balaban J connectivity index is 2.25. The molecule has 9 heteroatoms. The normalized spacial score (nSPS) is 15.9. The second-order valence-electron chi connectivity index (χ2n) is 13.9. The minimum Gasteiger partial charge on any atom is -0.466 e. The molecule has 0 spiro atoms. The van der Waals surface area contributed by atoms with E-state index < -0.39 is 5.79 Å². The molecule has 1 aliphatic heterocycles. The van der Waals surface area contributed by atoms with Gasteiger partial charge in [-0.15, -0.1) is 0 Å². The Bertz CT molecular complexity index is 671. The molecule has 0 aromatic carbocycles. The van der Waals surface area contributed by atoms with Gasteiger partial charge in [0.1, 0.15) is 0 Å². The zero-order valence-electron chi connectivity index (χ0n) is 31.9. The van der Waals surface area contributed by atoms with Crippen molar-refractivity contribution in [1.29, 1.82) is 0 Å². The maximum atomic E-state index is 12.1. The number of carbonyl (C=O) groups is 1. The molecule has 1 atom stereocenters. The van der Waals surface area contributed by atoms with E-state index in [1.54, 1.807) is 0 Å². The molecule has 0 radical (unpaired) electrons. The number of ether oxygens (including phenoxy) is 3. The van der Waals surface area contributed by atoms with E-state index in [-0.39, 0.29) is 12.1 Å². The van der Waals surface area contributed by atoms with Crippen molar-refractivity contribution in [3.05, 3.63) is 0 Å². The molecule has 1 fully saturated rings. The van der Waals surface area contributed by atoms with Crippen LogP contribution in [-0.4, -0.2) is 89.8 Å². The molecule has 0 amide bonds. The lowest BCUT2D eigenvalue weighted by molar-refractivity contribution is -0.181. The van der Waals surface area contributed by atoms with E-state index in [2.05, 4.69) is 65.8 Å². The monoisotopic (exact) mass is 751 g/mol. The quantitative estimate of drug-likeness (QED) is 0.0351. The Morgan fingerprint density at radius 2 is 1.12 bits per heavy atom. The van der Waals surface area contributed by atoms with Crippen LogP contribution < -0.4 is 0 Å². The Morgan fingerprint density at radius 3 is 1.60 bits per heavy atom. The third kappa shape index (κ3) is 29.3. The van der Waals surface area contributed by atoms with Crippen molar-refractivity contribution in [3.8, 4) is 0 Å². The highest BCUT2D eigenvalue weighted by atomic mass is 32.2. The average Bonchev–Trinajstić information content (AvgIpc) is 3.47. The third-order valence-electron chi connectivity index (χ3n) is 8.91. The van der Waals surface area contributed by atoms with Gasteiger partial charge >= 0.3 is 5.97 Å². The molecule has 0 N–H and O–H groups in total. The van der Waals surface area contributed by atoms with Gasteiger partial charge in [-0.2, -0.15) is 47.0 Å². The van der Waals surface area contributed by atoms with Gasteiger partial charge in [-0.25, -0.2) is 0 Å². The van der Waals surface area contributed by atoms with Crippen molar-refractivity contribution in [2.75, 3.05) is 67.0 Å². The molecule has 0 aromatic heterocycles. The zero-order valence-corrected chi connectivity index (χ0v) is 35.2. The summed E-state index contributed by atoms with van der Waals surface area (Å²) in [5, 5.41) is 2.54. The molecule has 0 bridgehead atoms. The zero-order chi connectivity index (χ0) is 34.8. The van der Waals surface area contributed by atoms with Gasteiger partial charge in [-0.1, -0.05) is 90.9 Å². The van der Waals surface area contributed by atoms with Crippen LogP contribution in [0.25, 0.3) is 0 Å². The molecule has 1 unspecified atom stereocenters. The Morgan fingerprint density at radius 1 is 0.667 bits per heavy atom. The van der Waals surface area contributed by atoms with Crippen molar-refractivity contribution in [2.24, 2.45) is 0 Å². The maximum Gasteiger partial charge on any atom is 0.305 e. The highest BCUT2D eigenvalue weighted by Crippen LogP contribution is 2.35. The third-order valence-corrected chi connectivity index (χ3v) is 13.9. The topological polar surface area (TPSA) is 48.0 Å². The largest absolute Gasteiger partial charge is 0.466 e. The molecule has 1 saturated heterocycles. The molecule has 5 nitrogen and oxygen atoms in total. The molecule has 286 valence electrons. The standard InChI is InChI=1S/C39H77NO4S4/c1-5-7-19-30-45-35-47-32-21-15-11-9-13-17-26-39(27-18-14-10-12-16-22-33-48-36-46-31-20-8-6-2)43-34-37(44-39)25-29-42-38(41)24-23-28-40(3)4/h37H,5-36H2,1-4H3. The summed E-state index contributed by atoms with van der Waals surface area (Å²) in [4.78, 5) is 14.2. The Hall–Kier alpha value is 0.750. The van der Waals surface area contributed by atoms with Crippen LogP contribution in [0, 0.1) is 0 Å². The average molecular weight is 752 g/mol. The van der Waals surface area contributed by atoms with E-state index in [0.717, 1.165) is 32.2 Å². The summed E-state index contributed by atoms with van der Waals surface area (Å²) in [5.74, 6) is 4.77. The first-order chi connectivity index (χ1) is 23.5. The molecule has 1 aliphatic rings. The molecule has 0 aliphatic carbocycles. The predicted octanol–water partition coefficient (Wildman–Crippen LogP) is 12.1. The molecule has 48 heavy (non-hydrogen) atoms. The second-order valence-corrected chi connectivity index (χ2v) is 19.1. The molecular formula is C39H77NO4S4. The van der Waals surface area contributed by atoms with E-state index in [1.807, 2.05) is 14.1 Å². The minimum atomic E-state index is -0.433. The van der Waals surface area contributed by atoms with Crippen molar-refractivity contribution < 1.29 is 19.0 Å². The van der Waals surface area contributed by atoms with E-state index >= 15 is 0 Å². The fraction of sp³-hybridized carbons (Fsp3) is 0.974. The lowest BCUT2D eigenvalue weighted by Gasteiger charge is -2.28. The number of rotatable bonds is 37. The highest BCUT2D eigenvalue weighted by Gasteiger charge is 2.40. The molecule has 1 heterocycles.